The number of hydrogen-bond donors (Lipinski definition) is 0. The van der Waals surface area contributed by atoms with Crippen molar-refractivity contribution in [3.05, 3.63) is 16.6 Å². The second kappa shape index (κ2) is 2.86. The monoisotopic (exact) mass is 230 g/mol. The van der Waals surface area contributed by atoms with E-state index < -0.39 is 0 Å². The maximum atomic E-state index is 5.22. The number of rotatable bonds is 1. The molecule has 0 saturated heterocycles. The van der Waals surface area contributed by atoms with Crippen LogP contribution in [0, 0.1) is 0 Å². The van der Waals surface area contributed by atoms with E-state index in [4.69, 9.17) is 14.2 Å². The fourth-order valence-electron chi connectivity index (χ4n) is 1.08. The SMILES string of the molecule is COc1ccc2c(c1Br)OCO2. The van der Waals surface area contributed by atoms with E-state index in [1.807, 2.05) is 12.1 Å². The van der Waals surface area contributed by atoms with Crippen LogP contribution in [0.2, 0.25) is 0 Å². The lowest BCUT2D eigenvalue weighted by Crippen LogP contribution is -1.93. The van der Waals surface area contributed by atoms with E-state index in [2.05, 4.69) is 15.9 Å². The minimum Gasteiger partial charge on any atom is -0.495 e. The Morgan fingerprint density at radius 3 is 3.00 bits per heavy atom. The molecule has 0 aromatic heterocycles. The molecule has 64 valence electrons. The Labute approximate surface area is 78.4 Å². The van der Waals surface area contributed by atoms with Gasteiger partial charge in [0.2, 0.25) is 6.79 Å². The summed E-state index contributed by atoms with van der Waals surface area (Å²) in [6.45, 7) is 0.279. The minimum atomic E-state index is 0.279. The topological polar surface area (TPSA) is 27.7 Å². The summed E-state index contributed by atoms with van der Waals surface area (Å²) in [5.41, 5.74) is 0. The smallest absolute Gasteiger partial charge is 0.231 e. The fourth-order valence-corrected chi connectivity index (χ4v) is 1.68. The van der Waals surface area contributed by atoms with E-state index in [9.17, 15) is 0 Å². The Bertz CT molecular complexity index is 311. The van der Waals surface area contributed by atoms with Gasteiger partial charge < -0.3 is 14.2 Å². The van der Waals surface area contributed by atoms with E-state index >= 15 is 0 Å². The van der Waals surface area contributed by atoms with E-state index in [0.29, 0.717) is 5.75 Å². The summed E-state index contributed by atoms with van der Waals surface area (Å²) in [5, 5.41) is 0. The Balaban J connectivity index is 2.54. The van der Waals surface area contributed by atoms with Crippen molar-refractivity contribution in [2.75, 3.05) is 13.9 Å². The average molecular weight is 231 g/mol. The quantitative estimate of drug-likeness (QED) is 0.741. The van der Waals surface area contributed by atoms with Crippen LogP contribution in [-0.2, 0) is 0 Å². The van der Waals surface area contributed by atoms with Gasteiger partial charge in [0.05, 0.1) is 7.11 Å². The molecule has 1 aromatic rings. The maximum Gasteiger partial charge on any atom is 0.231 e. The number of halogens is 1. The molecule has 0 atom stereocenters. The summed E-state index contributed by atoms with van der Waals surface area (Å²) < 4.78 is 16.3. The predicted molar refractivity (Wildman–Crippen MR) is 46.8 cm³/mol. The molecule has 0 bridgehead atoms. The molecule has 0 spiro atoms. The molecule has 1 aromatic carbocycles. The molecule has 2 rings (SSSR count). The summed E-state index contributed by atoms with van der Waals surface area (Å²) in [7, 11) is 1.61. The molecule has 1 aliphatic rings. The van der Waals surface area contributed by atoms with E-state index in [1.54, 1.807) is 7.11 Å². The van der Waals surface area contributed by atoms with Crippen molar-refractivity contribution in [1.82, 2.24) is 0 Å². The fraction of sp³-hybridized carbons (Fsp3) is 0.250. The first kappa shape index (κ1) is 7.73. The third-order valence-corrected chi connectivity index (χ3v) is 2.41. The maximum absolute atomic E-state index is 5.22. The highest BCUT2D eigenvalue weighted by Crippen LogP contribution is 2.43. The van der Waals surface area contributed by atoms with Crippen LogP contribution in [0.1, 0.15) is 0 Å². The van der Waals surface area contributed by atoms with Crippen molar-refractivity contribution in [1.29, 1.82) is 0 Å². The molecule has 1 heterocycles. The second-order valence-corrected chi connectivity index (χ2v) is 3.11. The Morgan fingerprint density at radius 1 is 1.42 bits per heavy atom. The molecule has 0 radical (unpaired) electrons. The van der Waals surface area contributed by atoms with Gasteiger partial charge in [-0.25, -0.2) is 0 Å². The third kappa shape index (κ3) is 1.03. The second-order valence-electron chi connectivity index (χ2n) is 2.32. The first-order valence-corrected chi connectivity index (χ1v) is 4.24. The van der Waals surface area contributed by atoms with E-state index in [1.165, 1.54) is 0 Å². The molecule has 0 amide bonds. The first-order valence-electron chi connectivity index (χ1n) is 3.45. The minimum absolute atomic E-state index is 0.279. The molecule has 0 saturated carbocycles. The summed E-state index contributed by atoms with van der Waals surface area (Å²) in [5.74, 6) is 2.22. The van der Waals surface area contributed by atoms with Crippen molar-refractivity contribution in [3.8, 4) is 17.2 Å². The average Bonchev–Trinajstić information content (AvgIpc) is 2.53. The number of benzene rings is 1. The lowest BCUT2D eigenvalue weighted by atomic mass is 10.3. The van der Waals surface area contributed by atoms with Gasteiger partial charge in [0.25, 0.3) is 0 Å². The van der Waals surface area contributed by atoms with Crippen LogP contribution in [0.5, 0.6) is 17.2 Å². The molecule has 3 nitrogen and oxygen atoms in total. The van der Waals surface area contributed by atoms with Crippen molar-refractivity contribution in [2.45, 2.75) is 0 Å². The largest absolute Gasteiger partial charge is 0.495 e. The van der Waals surface area contributed by atoms with Crippen LogP contribution >= 0.6 is 15.9 Å². The first-order chi connectivity index (χ1) is 5.83. The summed E-state index contributed by atoms with van der Waals surface area (Å²) in [4.78, 5) is 0. The lowest BCUT2D eigenvalue weighted by molar-refractivity contribution is 0.173. The van der Waals surface area contributed by atoms with Crippen molar-refractivity contribution < 1.29 is 14.2 Å². The van der Waals surface area contributed by atoms with Crippen molar-refractivity contribution >= 4 is 15.9 Å². The van der Waals surface area contributed by atoms with Crippen LogP contribution in [0.4, 0.5) is 0 Å². The van der Waals surface area contributed by atoms with E-state index in [-0.39, 0.29) is 6.79 Å². The zero-order chi connectivity index (χ0) is 8.55. The molecular formula is C8H7BrO3. The highest BCUT2D eigenvalue weighted by Gasteiger charge is 2.19. The zero-order valence-electron chi connectivity index (χ0n) is 6.46. The van der Waals surface area contributed by atoms with Crippen molar-refractivity contribution in [3.63, 3.8) is 0 Å². The van der Waals surface area contributed by atoms with Crippen molar-refractivity contribution in [2.24, 2.45) is 0 Å². The van der Waals surface area contributed by atoms with Gasteiger partial charge in [0.15, 0.2) is 11.5 Å². The molecule has 0 fully saturated rings. The molecule has 1 aliphatic heterocycles. The van der Waals surface area contributed by atoms with Crippen LogP contribution in [0.3, 0.4) is 0 Å². The summed E-state index contributed by atoms with van der Waals surface area (Å²) in [6.07, 6.45) is 0. The Morgan fingerprint density at radius 2 is 2.25 bits per heavy atom. The van der Waals surface area contributed by atoms with Gasteiger partial charge in [-0.05, 0) is 28.1 Å². The summed E-state index contributed by atoms with van der Waals surface area (Å²) >= 11 is 3.36. The van der Waals surface area contributed by atoms with E-state index in [0.717, 1.165) is 16.0 Å². The van der Waals surface area contributed by atoms with Crippen LogP contribution < -0.4 is 14.2 Å². The van der Waals surface area contributed by atoms with Gasteiger partial charge in [-0.15, -0.1) is 0 Å². The van der Waals surface area contributed by atoms with Gasteiger partial charge in [0, 0.05) is 0 Å². The normalized spacial score (nSPS) is 13.2. The van der Waals surface area contributed by atoms with Gasteiger partial charge in [-0.3, -0.25) is 0 Å². The molecule has 0 unspecified atom stereocenters. The summed E-state index contributed by atoms with van der Waals surface area (Å²) in [6, 6.07) is 3.66. The number of methoxy groups -OCH3 is 1. The highest BCUT2D eigenvalue weighted by atomic mass is 79.9. The molecule has 4 heteroatoms. The molecular weight excluding hydrogens is 224 g/mol. The zero-order valence-corrected chi connectivity index (χ0v) is 8.05. The van der Waals surface area contributed by atoms with Crippen LogP contribution in [0.15, 0.2) is 16.6 Å². The Hall–Kier alpha value is -0.900. The number of hydrogen-bond acceptors (Lipinski definition) is 3. The number of ether oxygens (including phenoxy) is 3. The molecule has 0 N–H and O–H groups in total. The van der Waals surface area contributed by atoms with Crippen LogP contribution in [-0.4, -0.2) is 13.9 Å². The van der Waals surface area contributed by atoms with Gasteiger partial charge in [0.1, 0.15) is 10.2 Å². The van der Waals surface area contributed by atoms with Gasteiger partial charge in [-0.1, -0.05) is 0 Å². The molecule has 0 aliphatic carbocycles. The predicted octanol–water partition coefficient (Wildman–Crippen LogP) is 2.19. The van der Waals surface area contributed by atoms with Gasteiger partial charge in [-0.2, -0.15) is 0 Å². The lowest BCUT2D eigenvalue weighted by Gasteiger charge is -2.04. The van der Waals surface area contributed by atoms with Crippen LogP contribution in [0.25, 0.3) is 0 Å². The Kier molecular flexibility index (Phi) is 1.84. The third-order valence-electron chi connectivity index (χ3n) is 1.66. The molecule has 12 heavy (non-hydrogen) atoms. The standard InChI is InChI=1S/C8H7BrO3/c1-10-5-2-3-6-8(7(5)9)12-4-11-6/h2-3H,4H2,1H3. The van der Waals surface area contributed by atoms with Gasteiger partial charge >= 0.3 is 0 Å². The number of fused-ring (bicyclic) bond motifs is 1. The highest BCUT2D eigenvalue weighted by molar-refractivity contribution is 9.10.